The smallest absolute Gasteiger partial charge is 0.223 e. The summed E-state index contributed by atoms with van der Waals surface area (Å²) >= 11 is 0. The zero-order valence-electron chi connectivity index (χ0n) is 14.4. The molecule has 1 aromatic rings. The second-order valence-corrected chi connectivity index (χ2v) is 9.42. The van der Waals surface area contributed by atoms with Gasteiger partial charge in [0.15, 0.2) is 9.84 Å². The highest BCUT2D eigenvalue weighted by atomic mass is 32.2. The molecule has 2 aliphatic heterocycles. The molecule has 5 heteroatoms. The van der Waals surface area contributed by atoms with E-state index in [1.807, 2.05) is 11.0 Å². The average molecular weight is 349 g/mol. The summed E-state index contributed by atoms with van der Waals surface area (Å²) in [4.78, 5) is 14.8. The van der Waals surface area contributed by atoms with Gasteiger partial charge in [0, 0.05) is 24.9 Å². The van der Waals surface area contributed by atoms with Crippen molar-refractivity contribution in [3.8, 4) is 0 Å². The first-order valence-electron chi connectivity index (χ1n) is 9.05. The van der Waals surface area contributed by atoms with Crippen LogP contribution in [0, 0.1) is 5.92 Å². The molecule has 0 unspecified atom stereocenters. The quantitative estimate of drug-likeness (QED) is 0.821. The van der Waals surface area contributed by atoms with Crippen LogP contribution in [0.3, 0.4) is 0 Å². The molecular formula is C19H27NO3S. The lowest BCUT2D eigenvalue weighted by molar-refractivity contribution is -0.133. The van der Waals surface area contributed by atoms with E-state index in [-0.39, 0.29) is 29.4 Å². The number of carbonyl (C=O) groups is 1. The Morgan fingerprint density at radius 1 is 1.25 bits per heavy atom. The summed E-state index contributed by atoms with van der Waals surface area (Å²) in [6, 6.07) is 10.7. The maximum atomic E-state index is 12.8. The lowest BCUT2D eigenvalue weighted by atomic mass is 9.87. The van der Waals surface area contributed by atoms with Crippen molar-refractivity contribution < 1.29 is 13.2 Å². The number of rotatable bonds is 5. The van der Waals surface area contributed by atoms with Gasteiger partial charge in [0.2, 0.25) is 5.91 Å². The molecule has 132 valence electrons. The summed E-state index contributed by atoms with van der Waals surface area (Å²) in [7, 11) is -2.91. The van der Waals surface area contributed by atoms with E-state index in [0.29, 0.717) is 18.8 Å². The maximum Gasteiger partial charge on any atom is 0.223 e. The van der Waals surface area contributed by atoms with Gasteiger partial charge in [0.1, 0.15) is 0 Å². The Balaban J connectivity index is 1.69. The molecule has 1 amide bonds. The number of hydrogen-bond donors (Lipinski definition) is 0. The zero-order valence-corrected chi connectivity index (χ0v) is 15.2. The fourth-order valence-electron chi connectivity index (χ4n) is 4.35. The molecule has 24 heavy (non-hydrogen) atoms. The van der Waals surface area contributed by atoms with Crippen LogP contribution in [0.15, 0.2) is 30.3 Å². The third-order valence-electron chi connectivity index (χ3n) is 5.54. The number of hydrogen-bond acceptors (Lipinski definition) is 3. The summed E-state index contributed by atoms with van der Waals surface area (Å²) in [5, 5.41) is 0. The van der Waals surface area contributed by atoms with Crippen molar-refractivity contribution in [2.24, 2.45) is 5.92 Å². The number of carbonyl (C=O) groups excluding carboxylic acids is 1. The average Bonchev–Trinajstić information content (AvgIpc) is 3.16. The van der Waals surface area contributed by atoms with E-state index >= 15 is 0 Å². The van der Waals surface area contributed by atoms with E-state index in [2.05, 4.69) is 31.2 Å². The minimum absolute atomic E-state index is 0.0144. The maximum absolute atomic E-state index is 12.8. The van der Waals surface area contributed by atoms with Gasteiger partial charge in [-0.1, -0.05) is 37.3 Å². The van der Waals surface area contributed by atoms with Crippen molar-refractivity contribution in [2.75, 3.05) is 18.1 Å². The van der Waals surface area contributed by atoms with E-state index < -0.39 is 9.84 Å². The van der Waals surface area contributed by atoms with Gasteiger partial charge in [-0.3, -0.25) is 4.79 Å². The number of likely N-dealkylation sites (tertiary alicyclic amines) is 1. The van der Waals surface area contributed by atoms with Gasteiger partial charge in [-0.2, -0.15) is 0 Å². The van der Waals surface area contributed by atoms with E-state index in [0.717, 1.165) is 25.8 Å². The Bertz CT molecular complexity index is 671. The molecule has 3 atom stereocenters. The van der Waals surface area contributed by atoms with Crippen LogP contribution in [-0.2, 0) is 14.6 Å². The summed E-state index contributed by atoms with van der Waals surface area (Å²) in [5.41, 5.74) is 1.30. The van der Waals surface area contributed by atoms with Crippen molar-refractivity contribution in [2.45, 2.75) is 51.0 Å². The molecule has 1 aromatic carbocycles. The molecule has 4 nitrogen and oxygen atoms in total. The minimum atomic E-state index is -2.91. The minimum Gasteiger partial charge on any atom is -0.339 e. The van der Waals surface area contributed by atoms with Crippen LogP contribution < -0.4 is 0 Å². The van der Waals surface area contributed by atoms with Crippen molar-refractivity contribution in [3.05, 3.63) is 35.9 Å². The highest BCUT2D eigenvalue weighted by molar-refractivity contribution is 7.91. The first-order chi connectivity index (χ1) is 11.5. The van der Waals surface area contributed by atoms with Crippen molar-refractivity contribution in [1.29, 1.82) is 0 Å². The Labute approximate surface area is 145 Å². The second-order valence-electron chi connectivity index (χ2n) is 7.20. The van der Waals surface area contributed by atoms with Crippen LogP contribution in [0.1, 0.15) is 50.5 Å². The first kappa shape index (κ1) is 17.5. The second kappa shape index (κ2) is 7.26. The summed E-state index contributed by atoms with van der Waals surface area (Å²) in [6.45, 7) is 2.99. The molecule has 0 saturated carbocycles. The lowest BCUT2D eigenvalue weighted by Gasteiger charge is -2.32. The van der Waals surface area contributed by atoms with Gasteiger partial charge < -0.3 is 4.90 Å². The third kappa shape index (κ3) is 3.82. The summed E-state index contributed by atoms with van der Waals surface area (Å²) < 4.78 is 23.2. The molecule has 3 rings (SSSR count). The molecule has 0 radical (unpaired) electrons. The molecule has 0 bridgehead atoms. The first-order valence-corrected chi connectivity index (χ1v) is 10.9. The van der Waals surface area contributed by atoms with Crippen molar-refractivity contribution >= 4 is 15.7 Å². The predicted molar refractivity (Wildman–Crippen MR) is 95.6 cm³/mol. The highest BCUT2D eigenvalue weighted by Gasteiger charge is 2.37. The fraction of sp³-hybridized carbons (Fsp3) is 0.632. The van der Waals surface area contributed by atoms with Crippen LogP contribution in [0.4, 0.5) is 0 Å². The van der Waals surface area contributed by atoms with Gasteiger partial charge in [0.25, 0.3) is 0 Å². The molecule has 0 aliphatic carbocycles. The number of nitrogens with zero attached hydrogens (tertiary/aromatic N) is 1. The van der Waals surface area contributed by atoms with Crippen LogP contribution in [0.5, 0.6) is 0 Å². The number of sulfone groups is 1. The third-order valence-corrected chi connectivity index (χ3v) is 7.38. The van der Waals surface area contributed by atoms with Crippen LogP contribution in [-0.4, -0.2) is 43.3 Å². The Morgan fingerprint density at radius 2 is 2.00 bits per heavy atom. The molecule has 2 aliphatic rings. The fourth-order valence-corrected chi connectivity index (χ4v) is 6.21. The molecule has 0 N–H and O–H groups in total. The summed E-state index contributed by atoms with van der Waals surface area (Å²) in [5.74, 6) is 0.961. The Hall–Kier alpha value is -1.36. The SMILES string of the molecule is CC[C@H](c1ccccc1)[C@@H]1CCCN1C(=O)C[C@@H]1CCS(=O)(=O)C1. The monoisotopic (exact) mass is 349 g/mol. The van der Waals surface area contributed by atoms with Gasteiger partial charge >= 0.3 is 0 Å². The molecule has 2 fully saturated rings. The number of benzene rings is 1. The molecule has 2 heterocycles. The van der Waals surface area contributed by atoms with Gasteiger partial charge in [0.05, 0.1) is 11.5 Å². The Kier molecular flexibility index (Phi) is 5.28. The molecular weight excluding hydrogens is 322 g/mol. The standard InChI is InChI=1S/C19H27NO3S/c1-2-17(16-7-4-3-5-8-16)18-9-6-11-20(18)19(21)13-15-10-12-24(22,23)14-15/h3-5,7-8,15,17-18H,2,6,9-14H2,1H3/t15-,17+,18-/m0/s1. The van der Waals surface area contributed by atoms with Crippen LogP contribution in [0.2, 0.25) is 0 Å². The largest absolute Gasteiger partial charge is 0.339 e. The van der Waals surface area contributed by atoms with Crippen LogP contribution >= 0.6 is 0 Å². The van der Waals surface area contributed by atoms with E-state index in [1.165, 1.54) is 5.56 Å². The number of amides is 1. The molecule has 0 spiro atoms. The Morgan fingerprint density at radius 3 is 2.62 bits per heavy atom. The van der Waals surface area contributed by atoms with Gasteiger partial charge in [-0.25, -0.2) is 8.42 Å². The van der Waals surface area contributed by atoms with Gasteiger partial charge in [-0.15, -0.1) is 0 Å². The molecule has 0 aromatic heterocycles. The van der Waals surface area contributed by atoms with Crippen molar-refractivity contribution in [3.63, 3.8) is 0 Å². The molecule has 2 saturated heterocycles. The van der Waals surface area contributed by atoms with E-state index in [1.54, 1.807) is 0 Å². The lowest BCUT2D eigenvalue weighted by Crippen LogP contribution is -2.40. The van der Waals surface area contributed by atoms with E-state index in [9.17, 15) is 13.2 Å². The summed E-state index contributed by atoms with van der Waals surface area (Å²) in [6.07, 6.45) is 4.13. The normalized spacial score (nSPS) is 27.3. The van der Waals surface area contributed by atoms with Crippen molar-refractivity contribution in [1.82, 2.24) is 4.90 Å². The van der Waals surface area contributed by atoms with E-state index in [4.69, 9.17) is 0 Å². The van der Waals surface area contributed by atoms with Gasteiger partial charge in [-0.05, 0) is 37.2 Å². The highest BCUT2D eigenvalue weighted by Crippen LogP contribution is 2.34. The topological polar surface area (TPSA) is 54.5 Å². The predicted octanol–water partition coefficient (Wildman–Crippen LogP) is 3.00. The zero-order chi connectivity index (χ0) is 17.2. The van der Waals surface area contributed by atoms with Crippen LogP contribution in [0.25, 0.3) is 0 Å².